The summed E-state index contributed by atoms with van der Waals surface area (Å²) in [4.78, 5) is 27.3. The van der Waals surface area contributed by atoms with Crippen LogP contribution in [0.1, 0.15) is 18.7 Å². The van der Waals surface area contributed by atoms with E-state index in [9.17, 15) is 4.79 Å². The number of fused-ring (bicyclic) bond motifs is 2. The molecule has 4 heterocycles. The van der Waals surface area contributed by atoms with E-state index < -0.39 is 0 Å². The molecule has 0 radical (unpaired) electrons. The molecule has 0 saturated carbocycles. The van der Waals surface area contributed by atoms with E-state index in [4.69, 9.17) is 4.98 Å². The largest absolute Gasteiger partial charge is 0.309 e. The zero-order chi connectivity index (χ0) is 18.4. The molecule has 1 N–H and O–H groups in total. The molecule has 2 fully saturated rings. The van der Waals surface area contributed by atoms with Gasteiger partial charge in [0.05, 0.1) is 11.9 Å². The van der Waals surface area contributed by atoms with Crippen LogP contribution in [0.2, 0.25) is 0 Å². The van der Waals surface area contributed by atoms with Gasteiger partial charge in [-0.3, -0.25) is 9.69 Å². The summed E-state index contributed by atoms with van der Waals surface area (Å²) >= 11 is 1.60. The summed E-state index contributed by atoms with van der Waals surface area (Å²) in [7, 11) is 2.20. The van der Waals surface area contributed by atoms with Crippen LogP contribution in [0.4, 0.5) is 0 Å². The Labute approximate surface area is 162 Å². The topological polar surface area (TPSA) is 52.2 Å². The van der Waals surface area contributed by atoms with Crippen molar-refractivity contribution in [1.82, 2.24) is 19.8 Å². The minimum atomic E-state index is -0.0232. The van der Waals surface area contributed by atoms with Crippen molar-refractivity contribution in [2.45, 2.75) is 25.4 Å². The van der Waals surface area contributed by atoms with Gasteiger partial charge in [-0.15, -0.1) is 11.3 Å². The van der Waals surface area contributed by atoms with Crippen molar-refractivity contribution in [3.63, 3.8) is 0 Å². The number of benzene rings is 1. The van der Waals surface area contributed by atoms with Gasteiger partial charge in [-0.05, 0) is 50.5 Å². The Balaban J connectivity index is 1.43. The number of nitrogens with one attached hydrogen (secondary N) is 1. The molecule has 27 heavy (non-hydrogen) atoms. The number of piperidine rings is 1. The van der Waals surface area contributed by atoms with Gasteiger partial charge in [0.2, 0.25) is 0 Å². The van der Waals surface area contributed by atoms with E-state index in [1.807, 2.05) is 24.3 Å². The van der Waals surface area contributed by atoms with Gasteiger partial charge in [-0.25, -0.2) is 4.98 Å². The summed E-state index contributed by atoms with van der Waals surface area (Å²) < 4.78 is 0. The summed E-state index contributed by atoms with van der Waals surface area (Å²) in [6.45, 7) is 4.16. The smallest absolute Gasteiger partial charge is 0.259 e. The number of likely N-dealkylation sites (tertiary alicyclic amines) is 2. The second kappa shape index (κ2) is 6.86. The Morgan fingerprint density at radius 3 is 2.89 bits per heavy atom. The van der Waals surface area contributed by atoms with Crippen LogP contribution < -0.4 is 5.56 Å². The van der Waals surface area contributed by atoms with Gasteiger partial charge in [0.1, 0.15) is 10.7 Å². The molecule has 2 aliphatic heterocycles. The van der Waals surface area contributed by atoms with Crippen LogP contribution in [-0.2, 0) is 6.54 Å². The third-order valence-electron chi connectivity index (χ3n) is 6.04. The van der Waals surface area contributed by atoms with E-state index in [1.54, 1.807) is 11.3 Å². The molecule has 2 aliphatic rings. The van der Waals surface area contributed by atoms with Crippen molar-refractivity contribution in [2.75, 3.05) is 26.7 Å². The number of nitrogens with zero attached hydrogens (tertiary/aromatic N) is 3. The number of hydrogen-bond acceptors (Lipinski definition) is 5. The maximum Gasteiger partial charge on any atom is 0.259 e. The average molecular weight is 381 g/mol. The van der Waals surface area contributed by atoms with Crippen LogP contribution in [0.25, 0.3) is 20.7 Å². The molecule has 5 nitrogen and oxygen atoms in total. The van der Waals surface area contributed by atoms with Crippen LogP contribution >= 0.6 is 11.3 Å². The maximum absolute atomic E-state index is 12.6. The first kappa shape index (κ1) is 17.1. The van der Waals surface area contributed by atoms with Crippen LogP contribution in [0.5, 0.6) is 0 Å². The predicted octanol–water partition coefficient (Wildman–Crippen LogP) is 3.18. The molecule has 5 rings (SSSR count). The highest BCUT2D eigenvalue weighted by Crippen LogP contribution is 2.33. The van der Waals surface area contributed by atoms with Gasteiger partial charge >= 0.3 is 0 Å². The van der Waals surface area contributed by atoms with Crippen molar-refractivity contribution in [2.24, 2.45) is 5.92 Å². The van der Waals surface area contributed by atoms with Crippen molar-refractivity contribution in [3.8, 4) is 10.4 Å². The van der Waals surface area contributed by atoms with Crippen molar-refractivity contribution in [3.05, 3.63) is 52.6 Å². The van der Waals surface area contributed by atoms with Gasteiger partial charge in [-0.2, -0.15) is 0 Å². The Bertz CT molecular complexity index is 1010. The lowest BCUT2D eigenvalue weighted by molar-refractivity contribution is 0.117. The standard InChI is InChI=1S/C21H24N4OS/c1-24-9-7-14-8-10-25(17(14)12-24)13-19-22-20(26)16-11-18(27-21(16)23-19)15-5-3-2-4-6-15/h2-6,11,14,17H,7-10,12-13H2,1H3,(H,22,23,26). The predicted molar refractivity (Wildman–Crippen MR) is 110 cm³/mol. The molecule has 2 saturated heterocycles. The average Bonchev–Trinajstić information content (AvgIpc) is 3.27. The molecule has 0 amide bonds. The molecule has 0 spiro atoms. The molecular formula is C21H24N4OS. The molecule has 6 heteroatoms. The fraction of sp³-hybridized carbons (Fsp3) is 0.429. The number of aromatic amines is 1. The summed E-state index contributed by atoms with van der Waals surface area (Å²) in [5.41, 5.74) is 1.11. The Kier molecular flexibility index (Phi) is 4.34. The monoisotopic (exact) mass is 380 g/mol. The van der Waals surface area contributed by atoms with Crippen LogP contribution in [-0.4, -0.2) is 52.5 Å². The molecule has 140 valence electrons. The lowest BCUT2D eigenvalue weighted by atomic mass is 9.92. The number of aromatic nitrogens is 2. The minimum absolute atomic E-state index is 0.0232. The fourth-order valence-electron chi connectivity index (χ4n) is 4.57. The highest BCUT2D eigenvalue weighted by atomic mass is 32.1. The molecule has 2 aromatic heterocycles. The lowest BCUT2D eigenvalue weighted by Gasteiger charge is -2.36. The van der Waals surface area contributed by atoms with E-state index in [0.29, 0.717) is 11.4 Å². The Hall–Kier alpha value is -2.02. The van der Waals surface area contributed by atoms with E-state index in [2.05, 4.69) is 34.0 Å². The van der Waals surface area contributed by atoms with E-state index in [1.165, 1.54) is 19.4 Å². The van der Waals surface area contributed by atoms with E-state index in [-0.39, 0.29) is 5.56 Å². The summed E-state index contributed by atoms with van der Waals surface area (Å²) in [6.07, 6.45) is 2.55. The van der Waals surface area contributed by atoms with E-state index >= 15 is 0 Å². The normalized spacial score (nSPS) is 23.7. The van der Waals surface area contributed by atoms with Gasteiger partial charge in [-0.1, -0.05) is 30.3 Å². The Morgan fingerprint density at radius 1 is 1.22 bits per heavy atom. The van der Waals surface area contributed by atoms with Crippen LogP contribution in [0, 0.1) is 5.92 Å². The molecule has 1 aromatic carbocycles. The van der Waals surface area contributed by atoms with Gasteiger partial charge < -0.3 is 9.88 Å². The number of thiophene rings is 1. The fourth-order valence-corrected chi connectivity index (χ4v) is 5.63. The SMILES string of the molecule is CN1CCC2CCN(Cc3nc4sc(-c5ccccc5)cc4c(=O)[nH]3)C2C1. The van der Waals surface area contributed by atoms with Gasteiger partial charge in [0, 0.05) is 17.5 Å². The first-order chi connectivity index (χ1) is 13.2. The number of rotatable bonds is 3. The maximum atomic E-state index is 12.6. The third-order valence-corrected chi connectivity index (χ3v) is 7.12. The van der Waals surface area contributed by atoms with Crippen LogP contribution in [0.15, 0.2) is 41.2 Å². The quantitative estimate of drug-likeness (QED) is 0.758. The Morgan fingerprint density at radius 2 is 2.04 bits per heavy atom. The first-order valence-corrected chi connectivity index (χ1v) is 10.5. The molecule has 3 aromatic rings. The van der Waals surface area contributed by atoms with Gasteiger partial charge in [0.25, 0.3) is 5.56 Å². The van der Waals surface area contributed by atoms with E-state index in [0.717, 1.165) is 46.6 Å². The number of likely N-dealkylation sites (N-methyl/N-ethyl adjacent to an activating group) is 1. The summed E-state index contributed by atoms with van der Waals surface area (Å²) in [6, 6.07) is 12.8. The van der Waals surface area contributed by atoms with Crippen LogP contribution in [0.3, 0.4) is 0 Å². The highest BCUT2D eigenvalue weighted by Gasteiger charge is 2.37. The summed E-state index contributed by atoms with van der Waals surface area (Å²) in [5.74, 6) is 1.59. The van der Waals surface area contributed by atoms with Crippen molar-refractivity contribution in [1.29, 1.82) is 0 Å². The van der Waals surface area contributed by atoms with Crippen molar-refractivity contribution < 1.29 is 0 Å². The first-order valence-electron chi connectivity index (χ1n) is 9.68. The zero-order valence-electron chi connectivity index (χ0n) is 15.5. The second-order valence-corrected chi connectivity index (χ2v) is 8.88. The lowest BCUT2D eigenvalue weighted by Crippen LogP contribution is -2.46. The number of H-pyrrole nitrogens is 1. The number of hydrogen-bond donors (Lipinski definition) is 1. The third kappa shape index (κ3) is 3.22. The molecule has 2 unspecified atom stereocenters. The molecule has 0 bridgehead atoms. The van der Waals surface area contributed by atoms with Gasteiger partial charge in [0.15, 0.2) is 0 Å². The molecule has 2 atom stereocenters. The molecular weight excluding hydrogens is 356 g/mol. The minimum Gasteiger partial charge on any atom is -0.309 e. The summed E-state index contributed by atoms with van der Waals surface area (Å²) in [5, 5.41) is 0.694. The second-order valence-electron chi connectivity index (χ2n) is 7.85. The molecule has 0 aliphatic carbocycles. The van der Waals surface area contributed by atoms with Crippen molar-refractivity contribution >= 4 is 21.6 Å². The zero-order valence-corrected chi connectivity index (χ0v) is 16.3. The highest BCUT2D eigenvalue weighted by molar-refractivity contribution is 7.21.